The maximum absolute atomic E-state index is 12.2. The van der Waals surface area contributed by atoms with E-state index in [-0.39, 0.29) is 5.91 Å². The van der Waals surface area contributed by atoms with Gasteiger partial charge >= 0.3 is 0 Å². The molecule has 0 aliphatic heterocycles. The van der Waals surface area contributed by atoms with Crippen LogP contribution >= 0.6 is 11.3 Å². The van der Waals surface area contributed by atoms with Crippen LogP contribution < -0.4 is 15.1 Å². The van der Waals surface area contributed by atoms with Crippen molar-refractivity contribution in [3.63, 3.8) is 0 Å². The van der Waals surface area contributed by atoms with E-state index in [4.69, 9.17) is 4.74 Å². The van der Waals surface area contributed by atoms with Gasteiger partial charge in [0.25, 0.3) is 0 Å². The van der Waals surface area contributed by atoms with E-state index in [0.29, 0.717) is 22.5 Å². The molecule has 1 aromatic carbocycles. The number of amides is 1. The zero-order valence-corrected chi connectivity index (χ0v) is 16.8. The van der Waals surface area contributed by atoms with Crippen LogP contribution in [0.5, 0.6) is 5.75 Å². The number of nitrogens with one attached hydrogen (secondary N) is 1. The Labute approximate surface area is 166 Å². The molecule has 0 bridgehead atoms. The van der Waals surface area contributed by atoms with E-state index in [1.54, 1.807) is 30.4 Å². The average molecular weight is 396 g/mol. The lowest BCUT2D eigenvalue weighted by Gasteiger charge is -2.18. The molecule has 2 aromatic heterocycles. The van der Waals surface area contributed by atoms with Gasteiger partial charge in [0, 0.05) is 23.7 Å². The van der Waals surface area contributed by atoms with Crippen LogP contribution in [0.1, 0.15) is 24.0 Å². The fraction of sp³-hybridized carbons (Fsp3) is 0.211. The molecule has 0 spiro atoms. The van der Waals surface area contributed by atoms with Gasteiger partial charge in [-0.25, -0.2) is 20.4 Å². The lowest BCUT2D eigenvalue weighted by molar-refractivity contribution is -0.115. The predicted molar refractivity (Wildman–Crippen MR) is 111 cm³/mol. The second-order valence-electron chi connectivity index (χ2n) is 5.95. The molecule has 0 atom stereocenters. The molecule has 0 fully saturated rings. The second kappa shape index (κ2) is 8.57. The first-order valence-corrected chi connectivity index (χ1v) is 9.36. The number of aromatic nitrogens is 3. The molecule has 28 heavy (non-hydrogen) atoms. The third-order valence-electron chi connectivity index (χ3n) is 3.69. The van der Waals surface area contributed by atoms with E-state index in [1.165, 1.54) is 18.3 Å². The number of thiazole rings is 1. The van der Waals surface area contributed by atoms with Crippen LogP contribution in [0.2, 0.25) is 0 Å². The first-order chi connectivity index (χ1) is 13.5. The van der Waals surface area contributed by atoms with Crippen LogP contribution in [0.3, 0.4) is 0 Å². The van der Waals surface area contributed by atoms with Crippen molar-refractivity contribution in [2.75, 3.05) is 17.4 Å². The molecule has 1 N–H and O–H groups in total. The minimum atomic E-state index is -0.134. The Hall–Kier alpha value is -3.33. The standard InChI is InChI=1S/C19H20N6O2S/c1-12-9-13(2)22-18(21-12)24-20-10-15-11-28-19(23-15)25(14(3)26)16-5-7-17(27-4)8-6-16/h5-11H,1-4H3,(H,21,22,24)/b20-10-. The fourth-order valence-electron chi connectivity index (χ4n) is 2.53. The summed E-state index contributed by atoms with van der Waals surface area (Å²) in [6, 6.07) is 9.11. The Morgan fingerprint density at radius 3 is 2.46 bits per heavy atom. The van der Waals surface area contributed by atoms with E-state index in [9.17, 15) is 4.79 Å². The Balaban J connectivity index is 1.75. The van der Waals surface area contributed by atoms with E-state index in [1.807, 2.05) is 37.4 Å². The lowest BCUT2D eigenvalue weighted by Crippen LogP contribution is -2.22. The first-order valence-electron chi connectivity index (χ1n) is 8.48. The van der Waals surface area contributed by atoms with Gasteiger partial charge < -0.3 is 4.74 Å². The monoisotopic (exact) mass is 396 g/mol. The Bertz CT molecular complexity index is 980. The Kier molecular flexibility index (Phi) is 5.95. The quantitative estimate of drug-likeness (QED) is 0.505. The summed E-state index contributed by atoms with van der Waals surface area (Å²) in [6.45, 7) is 5.29. The molecule has 0 saturated heterocycles. The van der Waals surface area contributed by atoms with Crippen molar-refractivity contribution in [3.8, 4) is 5.75 Å². The zero-order chi connectivity index (χ0) is 20.1. The van der Waals surface area contributed by atoms with Gasteiger partial charge in [0.1, 0.15) is 5.75 Å². The van der Waals surface area contributed by atoms with Crippen molar-refractivity contribution >= 4 is 40.2 Å². The molecule has 8 nitrogen and oxygen atoms in total. The molecule has 3 rings (SSSR count). The number of carbonyl (C=O) groups is 1. The number of methoxy groups -OCH3 is 1. The highest BCUT2D eigenvalue weighted by molar-refractivity contribution is 7.14. The molecular weight excluding hydrogens is 376 g/mol. The third-order valence-corrected chi connectivity index (χ3v) is 4.53. The summed E-state index contributed by atoms with van der Waals surface area (Å²) in [5.41, 5.74) is 5.85. The molecule has 9 heteroatoms. The molecule has 0 aliphatic carbocycles. The minimum Gasteiger partial charge on any atom is -0.497 e. The highest BCUT2D eigenvalue weighted by atomic mass is 32.1. The Morgan fingerprint density at radius 1 is 1.18 bits per heavy atom. The van der Waals surface area contributed by atoms with Gasteiger partial charge in [-0.05, 0) is 44.2 Å². The van der Waals surface area contributed by atoms with E-state index >= 15 is 0 Å². The SMILES string of the molecule is COc1ccc(N(C(C)=O)c2nc(/C=N\Nc3nc(C)cc(C)n3)cs2)cc1. The minimum absolute atomic E-state index is 0.134. The number of rotatable bonds is 6. The Morgan fingerprint density at radius 2 is 1.86 bits per heavy atom. The van der Waals surface area contributed by atoms with Gasteiger partial charge in [-0.15, -0.1) is 11.3 Å². The molecule has 0 radical (unpaired) electrons. The van der Waals surface area contributed by atoms with Crippen LogP contribution in [-0.2, 0) is 4.79 Å². The number of hydrogen-bond acceptors (Lipinski definition) is 8. The van der Waals surface area contributed by atoms with Gasteiger partial charge in [-0.3, -0.25) is 9.69 Å². The molecule has 3 aromatic rings. The fourth-order valence-corrected chi connectivity index (χ4v) is 3.37. The number of ether oxygens (including phenoxy) is 1. The normalized spacial score (nSPS) is 10.9. The van der Waals surface area contributed by atoms with Gasteiger partial charge in [0.15, 0.2) is 5.13 Å². The maximum Gasteiger partial charge on any atom is 0.243 e. The topological polar surface area (TPSA) is 92.6 Å². The summed E-state index contributed by atoms with van der Waals surface area (Å²) in [6.07, 6.45) is 1.56. The van der Waals surface area contributed by atoms with Crippen LogP contribution in [0.15, 0.2) is 40.8 Å². The largest absolute Gasteiger partial charge is 0.497 e. The van der Waals surface area contributed by atoms with Gasteiger partial charge in [-0.1, -0.05) is 0 Å². The number of hydrogen-bond donors (Lipinski definition) is 1. The summed E-state index contributed by atoms with van der Waals surface area (Å²) in [7, 11) is 1.60. The van der Waals surface area contributed by atoms with Crippen LogP contribution in [0.25, 0.3) is 0 Å². The average Bonchev–Trinajstić information content (AvgIpc) is 3.09. The molecule has 0 saturated carbocycles. The van der Waals surface area contributed by atoms with Crippen LogP contribution in [-0.4, -0.2) is 34.2 Å². The van der Waals surface area contributed by atoms with Crippen molar-refractivity contribution in [1.29, 1.82) is 0 Å². The molecule has 0 aliphatic rings. The summed E-state index contributed by atoms with van der Waals surface area (Å²) < 4.78 is 5.16. The first kappa shape index (κ1) is 19.4. The van der Waals surface area contributed by atoms with Crippen molar-refractivity contribution in [2.24, 2.45) is 5.10 Å². The summed E-state index contributed by atoms with van der Waals surface area (Å²) in [4.78, 5) is 26.7. The number of carbonyl (C=O) groups excluding carboxylic acids is 1. The maximum atomic E-state index is 12.2. The van der Waals surface area contributed by atoms with Crippen molar-refractivity contribution < 1.29 is 9.53 Å². The van der Waals surface area contributed by atoms with E-state index in [2.05, 4.69) is 25.5 Å². The van der Waals surface area contributed by atoms with Crippen LogP contribution in [0.4, 0.5) is 16.8 Å². The van der Waals surface area contributed by atoms with Crippen LogP contribution in [0, 0.1) is 13.8 Å². The second-order valence-corrected chi connectivity index (χ2v) is 6.79. The predicted octanol–water partition coefficient (Wildman–Crippen LogP) is 3.69. The third kappa shape index (κ3) is 4.68. The zero-order valence-electron chi connectivity index (χ0n) is 16.0. The van der Waals surface area contributed by atoms with Crippen molar-refractivity contribution in [1.82, 2.24) is 15.0 Å². The molecule has 2 heterocycles. The summed E-state index contributed by atoms with van der Waals surface area (Å²) >= 11 is 1.35. The van der Waals surface area contributed by atoms with Gasteiger partial charge in [0.05, 0.1) is 24.7 Å². The highest BCUT2D eigenvalue weighted by Crippen LogP contribution is 2.29. The van der Waals surface area contributed by atoms with Gasteiger partial charge in [0.2, 0.25) is 11.9 Å². The number of benzene rings is 1. The number of aryl methyl sites for hydroxylation is 2. The number of anilines is 3. The molecule has 0 unspecified atom stereocenters. The number of nitrogens with zero attached hydrogens (tertiary/aromatic N) is 5. The summed E-state index contributed by atoms with van der Waals surface area (Å²) in [5, 5.41) is 6.51. The van der Waals surface area contributed by atoms with Crippen molar-refractivity contribution in [2.45, 2.75) is 20.8 Å². The smallest absolute Gasteiger partial charge is 0.243 e. The van der Waals surface area contributed by atoms with Crippen molar-refractivity contribution in [3.05, 3.63) is 52.8 Å². The molecule has 1 amide bonds. The lowest BCUT2D eigenvalue weighted by atomic mass is 10.3. The van der Waals surface area contributed by atoms with Gasteiger partial charge in [-0.2, -0.15) is 5.10 Å². The molecule has 144 valence electrons. The highest BCUT2D eigenvalue weighted by Gasteiger charge is 2.17. The summed E-state index contributed by atoms with van der Waals surface area (Å²) in [5.74, 6) is 1.01. The van der Waals surface area contributed by atoms with E-state index < -0.39 is 0 Å². The van der Waals surface area contributed by atoms with E-state index in [0.717, 1.165) is 17.1 Å². The molecular formula is C19H20N6O2S. The number of hydrazone groups is 1.